The molecule has 0 radical (unpaired) electrons. The number of carbonyl (C=O) groups is 2. The third-order valence-corrected chi connectivity index (χ3v) is 6.31. The fourth-order valence-electron chi connectivity index (χ4n) is 3.30. The zero-order valence-corrected chi connectivity index (χ0v) is 24.1. The monoisotopic (exact) mass is 631 g/mol. The van der Waals surface area contributed by atoms with Crippen molar-refractivity contribution in [3.8, 4) is 23.3 Å². The van der Waals surface area contributed by atoms with Crippen LogP contribution in [0.4, 0.5) is 11.4 Å². The van der Waals surface area contributed by atoms with Gasteiger partial charge in [-0.05, 0) is 96.0 Å². The van der Waals surface area contributed by atoms with Crippen LogP contribution < -0.4 is 24.8 Å². The van der Waals surface area contributed by atoms with Crippen molar-refractivity contribution in [3.63, 3.8) is 0 Å². The van der Waals surface area contributed by atoms with Crippen LogP contribution in [0.1, 0.15) is 19.4 Å². The topological polar surface area (TPSA) is 110 Å². The fourth-order valence-corrected chi connectivity index (χ4v) is 4.17. The summed E-state index contributed by atoms with van der Waals surface area (Å²) >= 11 is 15.3. The van der Waals surface area contributed by atoms with Gasteiger partial charge in [-0.25, -0.2) is 0 Å². The number of carbonyl (C=O) groups excluding carboxylic acids is 2. The number of benzene rings is 3. The van der Waals surface area contributed by atoms with Crippen LogP contribution in [-0.4, -0.2) is 31.6 Å². The van der Waals surface area contributed by atoms with E-state index in [1.165, 1.54) is 12.1 Å². The van der Waals surface area contributed by atoms with Crippen LogP contribution in [0, 0.1) is 11.3 Å². The Hall–Kier alpha value is -3.71. The maximum atomic E-state index is 12.7. The Labute approximate surface area is 244 Å². The van der Waals surface area contributed by atoms with Gasteiger partial charge in [-0.2, -0.15) is 5.26 Å². The third-order valence-electron chi connectivity index (χ3n) is 4.98. The zero-order valence-electron chi connectivity index (χ0n) is 21.0. The number of nitrogens with one attached hydrogen (secondary N) is 2. The predicted octanol–water partition coefficient (Wildman–Crippen LogP) is 7.12. The van der Waals surface area contributed by atoms with E-state index < -0.39 is 11.8 Å². The molecule has 39 heavy (non-hydrogen) atoms. The van der Waals surface area contributed by atoms with Crippen molar-refractivity contribution in [2.45, 2.75) is 13.8 Å². The highest BCUT2D eigenvalue weighted by atomic mass is 79.9. The number of anilines is 2. The number of hydrogen-bond acceptors (Lipinski definition) is 6. The Kier molecular flexibility index (Phi) is 11.1. The van der Waals surface area contributed by atoms with Crippen molar-refractivity contribution >= 4 is 68.4 Å². The van der Waals surface area contributed by atoms with E-state index in [0.29, 0.717) is 56.2 Å². The molecule has 0 bridgehead atoms. The summed E-state index contributed by atoms with van der Waals surface area (Å²) in [6.07, 6.45) is 1.43. The zero-order chi connectivity index (χ0) is 28.4. The van der Waals surface area contributed by atoms with Crippen molar-refractivity contribution in [2.24, 2.45) is 0 Å². The van der Waals surface area contributed by atoms with Crippen molar-refractivity contribution in [3.05, 3.63) is 80.3 Å². The lowest BCUT2D eigenvalue weighted by atomic mass is 10.1. The SMILES string of the molecule is CCOc1ccc(NC(=O)/C(C#N)=C/c2cc(Br)c(OCC(=O)Nc3ccc(Cl)c(Cl)c3)c(OCC)c2)cc1. The number of nitriles is 1. The van der Waals surface area contributed by atoms with Gasteiger partial charge in [-0.15, -0.1) is 0 Å². The molecule has 0 atom stereocenters. The smallest absolute Gasteiger partial charge is 0.266 e. The molecule has 0 aliphatic carbocycles. The number of ether oxygens (including phenoxy) is 3. The minimum absolute atomic E-state index is 0.118. The second-order valence-corrected chi connectivity index (χ2v) is 9.48. The third kappa shape index (κ3) is 8.65. The average molecular weight is 633 g/mol. The molecule has 0 unspecified atom stereocenters. The van der Waals surface area contributed by atoms with Crippen LogP contribution >= 0.6 is 39.1 Å². The van der Waals surface area contributed by atoms with Gasteiger partial charge in [0.05, 0.1) is 27.7 Å². The largest absolute Gasteiger partial charge is 0.494 e. The highest BCUT2D eigenvalue weighted by Gasteiger charge is 2.16. The summed E-state index contributed by atoms with van der Waals surface area (Å²) in [6.45, 7) is 4.20. The molecule has 0 spiro atoms. The van der Waals surface area contributed by atoms with Gasteiger partial charge in [0.15, 0.2) is 18.1 Å². The lowest BCUT2D eigenvalue weighted by Gasteiger charge is -2.15. The van der Waals surface area contributed by atoms with Gasteiger partial charge in [0, 0.05) is 11.4 Å². The Morgan fingerprint density at radius 3 is 2.26 bits per heavy atom. The molecule has 2 amide bonds. The van der Waals surface area contributed by atoms with Crippen LogP contribution in [0.2, 0.25) is 10.0 Å². The molecular formula is C28H24BrCl2N3O5. The highest BCUT2D eigenvalue weighted by molar-refractivity contribution is 9.10. The van der Waals surface area contributed by atoms with Gasteiger partial charge >= 0.3 is 0 Å². The molecule has 3 rings (SSSR count). The molecule has 2 N–H and O–H groups in total. The van der Waals surface area contributed by atoms with E-state index in [1.807, 2.05) is 13.0 Å². The van der Waals surface area contributed by atoms with Crippen LogP contribution in [0.3, 0.4) is 0 Å². The van der Waals surface area contributed by atoms with Gasteiger partial charge < -0.3 is 24.8 Å². The first kappa shape index (κ1) is 29.8. The minimum atomic E-state index is -0.574. The number of rotatable bonds is 11. The highest BCUT2D eigenvalue weighted by Crippen LogP contribution is 2.37. The Balaban J connectivity index is 1.74. The maximum Gasteiger partial charge on any atom is 0.266 e. The molecule has 11 heteroatoms. The molecule has 0 saturated heterocycles. The first-order chi connectivity index (χ1) is 18.7. The standard InChI is InChI=1S/C28H24BrCl2N3O5/c1-3-37-21-8-5-19(6-9-21)34-28(36)18(15-32)11-17-12-22(29)27(25(13-17)38-4-2)39-16-26(35)33-20-7-10-23(30)24(31)14-20/h5-14H,3-4,16H2,1-2H3,(H,33,35)(H,34,36)/b18-11+. The molecule has 8 nitrogen and oxygen atoms in total. The van der Waals surface area contributed by atoms with Gasteiger partial charge in [-0.1, -0.05) is 23.2 Å². The van der Waals surface area contributed by atoms with E-state index in [-0.39, 0.29) is 17.9 Å². The summed E-state index contributed by atoms with van der Waals surface area (Å²) in [5, 5.41) is 15.7. The van der Waals surface area contributed by atoms with Gasteiger partial charge in [0.1, 0.15) is 17.4 Å². The lowest BCUT2D eigenvalue weighted by molar-refractivity contribution is -0.118. The van der Waals surface area contributed by atoms with E-state index in [2.05, 4.69) is 26.6 Å². The van der Waals surface area contributed by atoms with Crippen molar-refractivity contribution in [1.29, 1.82) is 5.26 Å². The van der Waals surface area contributed by atoms with E-state index in [0.717, 1.165) is 0 Å². The molecule has 0 saturated carbocycles. The molecule has 3 aromatic rings. The van der Waals surface area contributed by atoms with E-state index in [9.17, 15) is 14.9 Å². The maximum absolute atomic E-state index is 12.7. The van der Waals surface area contributed by atoms with Crippen LogP contribution in [-0.2, 0) is 9.59 Å². The normalized spacial score (nSPS) is 10.8. The average Bonchev–Trinajstić information content (AvgIpc) is 2.90. The fraction of sp³-hybridized carbons (Fsp3) is 0.179. The molecule has 202 valence electrons. The quantitative estimate of drug-likeness (QED) is 0.172. The number of hydrogen-bond donors (Lipinski definition) is 2. The predicted molar refractivity (Wildman–Crippen MR) is 156 cm³/mol. The summed E-state index contributed by atoms with van der Waals surface area (Å²) in [7, 11) is 0. The summed E-state index contributed by atoms with van der Waals surface area (Å²) in [6, 6.07) is 16.7. The van der Waals surface area contributed by atoms with E-state index >= 15 is 0 Å². The number of nitrogens with zero attached hydrogens (tertiary/aromatic N) is 1. The van der Waals surface area contributed by atoms with Gasteiger partial charge in [0.2, 0.25) is 0 Å². The first-order valence-electron chi connectivity index (χ1n) is 11.7. The van der Waals surface area contributed by atoms with Crippen LogP contribution in [0.15, 0.2) is 64.6 Å². The summed E-state index contributed by atoms with van der Waals surface area (Å²) in [5.74, 6) is 0.286. The van der Waals surface area contributed by atoms with Crippen LogP contribution in [0.25, 0.3) is 6.08 Å². The molecule has 0 aliphatic heterocycles. The minimum Gasteiger partial charge on any atom is -0.494 e. The first-order valence-corrected chi connectivity index (χ1v) is 13.3. The molecule has 0 aromatic heterocycles. The summed E-state index contributed by atoms with van der Waals surface area (Å²) in [5.41, 5.74) is 1.38. The number of halogens is 3. The molecule has 0 fully saturated rings. The Bertz CT molecular complexity index is 1420. The molecule has 0 aliphatic rings. The van der Waals surface area contributed by atoms with Crippen molar-refractivity contribution in [1.82, 2.24) is 0 Å². The van der Waals surface area contributed by atoms with Crippen molar-refractivity contribution < 1.29 is 23.8 Å². The second kappa shape index (κ2) is 14.4. The summed E-state index contributed by atoms with van der Waals surface area (Å²) < 4.78 is 17.3. The van der Waals surface area contributed by atoms with Crippen molar-refractivity contribution in [2.75, 3.05) is 30.5 Å². The lowest BCUT2D eigenvalue weighted by Crippen LogP contribution is -2.20. The van der Waals surface area contributed by atoms with E-state index in [1.54, 1.807) is 55.5 Å². The second-order valence-electron chi connectivity index (χ2n) is 7.81. The summed E-state index contributed by atoms with van der Waals surface area (Å²) in [4.78, 5) is 25.2. The molecule has 0 heterocycles. The van der Waals surface area contributed by atoms with Gasteiger partial charge in [-0.3, -0.25) is 9.59 Å². The van der Waals surface area contributed by atoms with Crippen LogP contribution in [0.5, 0.6) is 17.2 Å². The Morgan fingerprint density at radius 2 is 1.62 bits per heavy atom. The van der Waals surface area contributed by atoms with E-state index in [4.69, 9.17) is 37.4 Å². The van der Waals surface area contributed by atoms with Gasteiger partial charge in [0.25, 0.3) is 11.8 Å². The number of amides is 2. The Morgan fingerprint density at radius 1 is 0.923 bits per heavy atom. The molecule has 3 aromatic carbocycles. The molecular weight excluding hydrogens is 609 g/mol.